The quantitative estimate of drug-likeness (QED) is 0.476. The molecule has 0 unspecified atom stereocenters. The van der Waals surface area contributed by atoms with Crippen LogP contribution in [-0.2, 0) is 5.75 Å². The van der Waals surface area contributed by atoms with Gasteiger partial charge in [0.05, 0.1) is 11.4 Å². The molecule has 6 heteroatoms. The van der Waals surface area contributed by atoms with E-state index in [4.69, 9.17) is 4.42 Å². The molecule has 0 fully saturated rings. The van der Waals surface area contributed by atoms with Crippen molar-refractivity contribution >= 4 is 11.8 Å². The van der Waals surface area contributed by atoms with Crippen molar-refractivity contribution in [2.75, 3.05) is 0 Å². The van der Waals surface area contributed by atoms with E-state index in [0.717, 1.165) is 16.4 Å². The number of hydrogen-bond donors (Lipinski definition) is 0. The molecule has 4 aromatic rings. The molecule has 2 aromatic heterocycles. The van der Waals surface area contributed by atoms with E-state index in [0.29, 0.717) is 17.5 Å². The summed E-state index contributed by atoms with van der Waals surface area (Å²) in [5.41, 5.74) is 4.52. The van der Waals surface area contributed by atoms with E-state index >= 15 is 0 Å². The number of hydrogen-bond acceptors (Lipinski definition) is 5. The Morgan fingerprint density at radius 3 is 2.69 bits per heavy atom. The predicted octanol–water partition coefficient (Wildman–Crippen LogP) is 4.83. The average molecular weight is 362 g/mol. The van der Waals surface area contributed by atoms with Gasteiger partial charge in [-0.3, -0.25) is 4.57 Å². The van der Waals surface area contributed by atoms with Gasteiger partial charge in [-0.2, -0.15) is 0 Å². The van der Waals surface area contributed by atoms with E-state index in [9.17, 15) is 0 Å². The van der Waals surface area contributed by atoms with Crippen molar-refractivity contribution in [1.82, 2.24) is 19.7 Å². The molecule has 130 valence electrons. The molecule has 0 saturated carbocycles. The van der Waals surface area contributed by atoms with E-state index in [1.54, 1.807) is 11.8 Å². The van der Waals surface area contributed by atoms with Gasteiger partial charge in [-0.15, -0.1) is 10.2 Å². The number of nitrogens with zero attached hydrogens (tertiary/aromatic N) is 4. The zero-order valence-electron chi connectivity index (χ0n) is 14.6. The first kappa shape index (κ1) is 16.6. The highest BCUT2D eigenvalue weighted by Crippen LogP contribution is 2.26. The largest absolute Gasteiger partial charge is 0.420 e. The molecule has 0 aliphatic heterocycles. The minimum atomic E-state index is 0.541. The smallest absolute Gasteiger partial charge is 0.247 e. The van der Waals surface area contributed by atoms with Crippen LogP contribution in [0.25, 0.3) is 17.1 Å². The second kappa shape index (κ2) is 7.17. The zero-order valence-corrected chi connectivity index (χ0v) is 15.4. The number of aromatic nitrogens is 4. The molecular weight excluding hydrogens is 344 g/mol. The number of imidazole rings is 1. The van der Waals surface area contributed by atoms with Crippen LogP contribution in [-0.4, -0.2) is 19.7 Å². The molecular formula is C20H18N4OS. The SMILES string of the molecule is Cc1ccc(-n2ccnc2SCc2nnc(-c3ccccc3)o2)c(C)c1. The standard InChI is InChI=1S/C20H18N4OS/c1-14-8-9-17(15(2)12-14)24-11-10-21-20(24)26-13-18-22-23-19(25-18)16-6-4-3-5-7-16/h3-12H,13H2,1-2H3. The van der Waals surface area contributed by atoms with E-state index in [1.165, 1.54) is 11.1 Å². The molecule has 2 aromatic carbocycles. The molecule has 0 aliphatic rings. The van der Waals surface area contributed by atoms with Crippen LogP contribution in [0.4, 0.5) is 0 Å². The van der Waals surface area contributed by atoms with Crippen LogP contribution >= 0.6 is 11.8 Å². The van der Waals surface area contributed by atoms with Crippen molar-refractivity contribution in [3.63, 3.8) is 0 Å². The minimum Gasteiger partial charge on any atom is -0.420 e. The van der Waals surface area contributed by atoms with Gasteiger partial charge in [-0.05, 0) is 37.6 Å². The molecule has 0 aliphatic carbocycles. The summed E-state index contributed by atoms with van der Waals surface area (Å²) in [6.45, 7) is 4.21. The zero-order chi connectivity index (χ0) is 17.9. The van der Waals surface area contributed by atoms with Crippen LogP contribution in [0.3, 0.4) is 0 Å². The number of rotatable bonds is 5. The highest BCUT2D eigenvalue weighted by Gasteiger charge is 2.12. The van der Waals surface area contributed by atoms with Gasteiger partial charge in [0.2, 0.25) is 11.8 Å². The van der Waals surface area contributed by atoms with Crippen LogP contribution in [0.1, 0.15) is 17.0 Å². The monoisotopic (exact) mass is 362 g/mol. The maximum atomic E-state index is 5.77. The molecule has 0 spiro atoms. The summed E-state index contributed by atoms with van der Waals surface area (Å²) in [5.74, 6) is 1.70. The highest BCUT2D eigenvalue weighted by molar-refractivity contribution is 7.98. The molecule has 0 bridgehead atoms. The summed E-state index contributed by atoms with van der Waals surface area (Å²) in [6, 6.07) is 16.2. The summed E-state index contributed by atoms with van der Waals surface area (Å²) in [4.78, 5) is 4.47. The Hall–Kier alpha value is -2.86. The lowest BCUT2D eigenvalue weighted by atomic mass is 10.1. The van der Waals surface area contributed by atoms with E-state index in [1.807, 2.05) is 42.7 Å². The molecule has 0 amide bonds. The lowest BCUT2D eigenvalue weighted by Gasteiger charge is -2.10. The fraction of sp³-hybridized carbons (Fsp3) is 0.150. The first-order chi connectivity index (χ1) is 12.7. The molecule has 0 radical (unpaired) electrons. The van der Waals surface area contributed by atoms with Crippen molar-refractivity contribution in [2.45, 2.75) is 24.8 Å². The lowest BCUT2D eigenvalue weighted by Crippen LogP contribution is -1.98. The third-order valence-corrected chi connectivity index (χ3v) is 4.98. The van der Waals surface area contributed by atoms with Gasteiger partial charge in [0, 0.05) is 18.0 Å². The molecule has 2 heterocycles. The highest BCUT2D eigenvalue weighted by atomic mass is 32.2. The van der Waals surface area contributed by atoms with E-state index in [2.05, 4.69) is 51.8 Å². The number of benzene rings is 2. The molecule has 0 saturated heterocycles. The van der Waals surface area contributed by atoms with Gasteiger partial charge in [0.1, 0.15) is 0 Å². The Morgan fingerprint density at radius 2 is 1.88 bits per heavy atom. The molecule has 0 N–H and O–H groups in total. The van der Waals surface area contributed by atoms with Gasteiger partial charge in [0.25, 0.3) is 0 Å². The van der Waals surface area contributed by atoms with Crippen LogP contribution in [0, 0.1) is 13.8 Å². The molecule has 4 rings (SSSR count). The Kier molecular flexibility index (Phi) is 4.58. The van der Waals surface area contributed by atoms with Crippen molar-refractivity contribution in [1.29, 1.82) is 0 Å². The van der Waals surface area contributed by atoms with E-state index < -0.39 is 0 Å². The Labute approximate surface area is 156 Å². The lowest BCUT2D eigenvalue weighted by molar-refractivity contribution is 0.528. The van der Waals surface area contributed by atoms with Crippen molar-refractivity contribution < 1.29 is 4.42 Å². The maximum absolute atomic E-state index is 5.77. The van der Waals surface area contributed by atoms with Crippen molar-refractivity contribution in [3.05, 3.63) is 77.9 Å². The second-order valence-electron chi connectivity index (χ2n) is 6.03. The fourth-order valence-corrected chi connectivity index (χ4v) is 3.59. The van der Waals surface area contributed by atoms with Crippen LogP contribution in [0.15, 0.2) is 70.5 Å². The minimum absolute atomic E-state index is 0.541. The molecule has 26 heavy (non-hydrogen) atoms. The summed E-state index contributed by atoms with van der Waals surface area (Å²) < 4.78 is 7.86. The maximum Gasteiger partial charge on any atom is 0.247 e. The van der Waals surface area contributed by atoms with Gasteiger partial charge in [0.15, 0.2) is 5.16 Å². The first-order valence-corrected chi connectivity index (χ1v) is 9.31. The third kappa shape index (κ3) is 3.41. The van der Waals surface area contributed by atoms with Crippen LogP contribution in [0.2, 0.25) is 0 Å². The van der Waals surface area contributed by atoms with Crippen LogP contribution < -0.4 is 0 Å². The topological polar surface area (TPSA) is 56.7 Å². The van der Waals surface area contributed by atoms with Gasteiger partial charge in [-0.1, -0.05) is 47.7 Å². The normalized spacial score (nSPS) is 11.0. The fourth-order valence-electron chi connectivity index (χ4n) is 2.79. The Morgan fingerprint density at radius 1 is 1.04 bits per heavy atom. The van der Waals surface area contributed by atoms with Gasteiger partial charge < -0.3 is 4.42 Å². The molecule has 0 atom stereocenters. The summed E-state index contributed by atoms with van der Waals surface area (Å²) in [6.07, 6.45) is 3.79. The Balaban J connectivity index is 1.51. The first-order valence-electron chi connectivity index (χ1n) is 8.32. The summed E-state index contributed by atoms with van der Waals surface area (Å²) >= 11 is 1.58. The number of aryl methyl sites for hydroxylation is 2. The van der Waals surface area contributed by atoms with Crippen molar-refractivity contribution in [2.24, 2.45) is 0 Å². The Bertz CT molecular complexity index is 1020. The molecule has 5 nitrogen and oxygen atoms in total. The van der Waals surface area contributed by atoms with Crippen LogP contribution in [0.5, 0.6) is 0 Å². The summed E-state index contributed by atoms with van der Waals surface area (Å²) in [7, 11) is 0. The predicted molar refractivity (Wildman–Crippen MR) is 102 cm³/mol. The van der Waals surface area contributed by atoms with E-state index in [-0.39, 0.29) is 0 Å². The van der Waals surface area contributed by atoms with Gasteiger partial charge >= 0.3 is 0 Å². The second-order valence-corrected chi connectivity index (χ2v) is 6.97. The number of thioether (sulfide) groups is 1. The average Bonchev–Trinajstić information content (AvgIpc) is 3.30. The van der Waals surface area contributed by atoms with Gasteiger partial charge in [-0.25, -0.2) is 4.98 Å². The third-order valence-electron chi connectivity index (χ3n) is 4.03. The summed E-state index contributed by atoms with van der Waals surface area (Å²) in [5, 5.41) is 9.18. The van der Waals surface area contributed by atoms with Crippen molar-refractivity contribution in [3.8, 4) is 17.1 Å².